The van der Waals surface area contributed by atoms with E-state index in [1.54, 1.807) is 0 Å². The third-order valence-electron chi connectivity index (χ3n) is 8.70. The second-order valence-electron chi connectivity index (χ2n) is 10.0. The third-order valence-corrected chi connectivity index (χ3v) is 8.70. The van der Waals surface area contributed by atoms with Gasteiger partial charge in [-0.1, -0.05) is 47.1 Å². The zero-order valence-electron chi connectivity index (χ0n) is 21.2. The zero-order valence-corrected chi connectivity index (χ0v) is 21.2. The average molecular weight is 449 g/mol. The van der Waals surface area contributed by atoms with E-state index in [9.17, 15) is 19.5 Å². The average Bonchev–Trinajstić information content (AvgIpc) is 3.11. The minimum Gasteiger partial charge on any atom is -0.458 e. The summed E-state index contributed by atoms with van der Waals surface area (Å²) in [5.74, 6) is 0.600. The predicted octanol–water partition coefficient (Wildman–Crippen LogP) is 5.29. The summed E-state index contributed by atoms with van der Waals surface area (Å²) in [5, 5.41) is 11.3. The number of Topliss-reactive ketones (excluding diaryl/α,β-unsaturated/α-hetero) is 1. The van der Waals surface area contributed by atoms with Gasteiger partial charge in [0.15, 0.2) is 11.6 Å². The molecular formula is C27H44O5. The van der Waals surface area contributed by atoms with Crippen molar-refractivity contribution < 1.29 is 24.2 Å². The highest BCUT2D eigenvalue weighted by atomic mass is 16.5. The Morgan fingerprint density at radius 2 is 1.75 bits per heavy atom. The second kappa shape index (κ2) is 10.6. The number of carbonyl (C=O) groups excluding carboxylic acids is 3. The van der Waals surface area contributed by atoms with Gasteiger partial charge in [-0.15, -0.1) is 0 Å². The number of aliphatic hydroxyl groups is 1. The van der Waals surface area contributed by atoms with Crippen LogP contribution in [0.15, 0.2) is 11.6 Å². The van der Waals surface area contributed by atoms with Crippen LogP contribution >= 0.6 is 0 Å². The molecule has 0 saturated heterocycles. The molecule has 0 radical (unpaired) electrons. The van der Waals surface area contributed by atoms with Gasteiger partial charge >= 0.3 is 5.97 Å². The van der Waals surface area contributed by atoms with E-state index in [1.807, 2.05) is 33.8 Å². The molecule has 4 aliphatic carbocycles. The summed E-state index contributed by atoms with van der Waals surface area (Å²) >= 11 is 0. The molecular weight excluding hydrogens is 404 g/mol. The zero-order chi connectivity index (χ0) is 24.3. The van der Waals surface area contributed by atoms with Crippen molar-refractivity contribution >= 4 is 17.5 Å². The van der Waals surface area contributed by atoms with Gasteiger partial charge in [0.25, 0.3) is 0 Å². The number of carbonyl (C=O) groups is 3. The van der Waals surface area contributed by atoms with Crippen molar-refractivity contribution in [3.8, 4) is 0 Å². The minimum atomic E-state index is -0.463. The summed E-state index contributed by atoms with van der Waals surface area (Å²) < 4.78 is 4.98. The number of ketones is 2. The maximum atomic E-state index is 12.8. The molecule has 4 rings (SSSR count). The van der Waals surface area contributed by atoms with Gasteiger partial charge in [-0.3, -0.25) is 14.4 Å². The van der Waals surface area contributed by atoms with E-state index in [4.69, 9.17) is 4.74 Å². The quantitative estimate of drug-likeness (QED) is 0.593. The molecule has 3 fully saturated rings. The van der Waals surface area contributed by atoms with Crippen LogP contribution in [0.1, 0.15) is 93.4 Å². The summed E-state index contributed by atoms with van der Waals surface area (Å²) in [7, 11) is 0. The van der Waals surface area contributed by atoms with Gasteiger partial charge in [-0.25, -0.2) is 0 Å². The molecule has 7 atom stereocenters. The predicted molar refractivity (Wildman–Crippen MR) is 126 cm³/mol. The number of fused-ring (bicyclic) bond motifs is 5. The molecule has 0 amide bonds. The normalized spacial score (nSPS) is 39.6. The largest absolute Gasteiger partial charge is 0.458 e. The van der Waals surface area contributed by atoms with Crippen LogP contribution in [0.4, 0.5) is 0 Å². The van der Waals surface area contributed by atoms with E-state index < -0.39 is 12.1 Å². The Morgan fingerprint density at radius 3 is 2.38 bits per heavy atom. The van der Waals surface area contributed by atoms with Crippen LogP contribution in [0.2, 0.25) is 0 Å². The molecule has 0 aromatic carbocycles. The number of hydrogen-bond acceptors (Lipinski definition) is 5. The molecule has 0 spiro atoms. The first kappa shape index (κ1) is 26.8. The third kappa shape index (κ3) is 4.60. The summed E-state index contributed by atoms with van der Waals surface area (Å²) in [4.78, 5) is 35.9. The van der Waals surface area contributed by atoms with E-state index in [2.05, 4.69) is 13.8 Å². The number of esters is 1. The standard InChI is InChI=1S/C23H32O5.2C2H6/c1-13(24)28-12-20(27)18-7-6-17-16-5-4-14-10-15(25)8-9-22(14,2)21(16)19(26)11-23(17,18)3;2*1-2/h10,16-19,21,26H,4-9,11-12H2,1-3H3;2*1-2H3. The molecule has 0 bridgehead atoms. The highest BCUT2D eigenvalue weighted by Crippen LogP contribution is 2.66. The molecule has 4 aliphatic rings. The van der Waals surface area contributed by atoms with Crippen molar-refractivity contribution in [2.24, 2.45) is 34.5 Å². The number of aliphatic hydroxyl groups excluding tert-OH is 1. The molecule has 0 aliphatic heterocycles. The van der Waals surface area contributed by atoms with E-state index in [-0.39, 0.29) is 40.8 Å². The highest BCUT2D eigenvalue weighted by molar-refractivity contribution is 5.91. The van der Waals surface area contributed by atoms with Gasteiger partial charge < -0.3 is 9.84 Å². The maximum Gasteiger partial charge on any atom is 0.303 e. The van der Waals surface area contributed by atoms with Gasteiger partial charge in [0.05, 0.1) is 6.10 Å². The first-order valence-electron chi connectivity index (χ1n) is 12.7. The number of rotatable bonds is 3. The van der Waals surface area contributed by atoms with Gasteiger partial charge in [-0.05, 0) is 73.2 Å². The summed E-state index contributed by atoms with van der Waals surface area (Å²) in [6.45, 7) is 13.6. The Bertz CT molecular complexity index is 740. The van der Waals surface area contributed by atoms with Crippen LogP contribution in [0, 0.1) is 34.5 Å². The Labute approximate surface area is 194 Å². The fourth-order valence-corrected chi connectivity index (χ4v) is 7.49. The van der Waals surface area contributed by atoms with Gasteiger partial charge in [-0.2, -0.15) is 0 Å². The lowest BCUT2D eigenvalue weighted by molar-refractivity contribution is -0.154. The van der Waals surface area contributed by atoms with Crippen molar-refractivity contribution in [3.05, 3.63) is 11.6 Å². The maximum absolute atomic E-state index is 12.8. The summed E-state index contributed by atoms with van der Waals surface area (Å²) in [6.07, 6.45) is 7.12. The van der Waals surface area contributed by atoms with Crippen LogP contribution in [0.3, 0.4) is 0 Å². The molecule has 5 heteroatoms. The summed E-state index contributed by atoms with van der Waals surface area (Å²) in [6, 6.07) is 0. The monoisotopic (exact) mass is 448 g/mol. The lowest BCUT2D eigenvalue weighted by Gasteiger charge is -2.59. The number of allylic oxidation sites excluding steroid dienone is 1. The Hall–Kier alpha value is -1.49. The topological polar surface area (TPSA) is 80.7 Å². The molecule has 3 saturated carbocycles. The fraction of sp³-hybridized carbons (Fsp3) is 0.815. The molecule has 5 nitrogen and oxygen atoms in total. The smallest absolute Gasteiger partial charge is 0.303 e. The van der Waals surface area contributed by atoms with Gasteiger partial charge in [0.1, 0.15) is 6.61 Å². The number of hydrogen-bond donors (Lipinski definition) is 1. The van der Waals surface area contributed by atoms with E-state index in [0.29, 0.717) is 24.7 Å². The van der Waals surface area contributed by atoms with Gasteiger partial charge in [0, 0.05) is 19.3 Å². The van der Waals surface area contributed by atoms with Crippen molar-refractivity contribution in [3.63, 3.8) is 0 Å². The minimum absolute atomic E-state index is 0.00304. The molecule has 0 aromatic heterocycles. The first-order chi connectivity index (χ1) is 15.2. The van der Waals surface area contributed by atoms with Crippen LogP contribution < -0.4 is 0 Å². The van der Waals surface area contributed by atoms with Crippen molar-refractivity contribution in [1.29, 1.82) is 0 Å². The van der Waals surface area contributed by atoms with Crippen LogP contribution in [0.25, 0.3) is 0 Å². The Morgan fingerprint density at radius 1 is 1.09 bits per heavy atom. The van der Waals surface area contributed by atoms with Gasteiger partial charge in [0.2, 0.25) is 0 Å². The molecule has 0 heterocycles. The van der Waals surface area contributed by atoms with Crippen LogP contribution in [0.5, 0.6) is 0 Å². The first-order valence-corrected chi connectivity index (χ1v) is 12.7. The van der Waals surface area contributed by atoms with Crippen LogP contribution in [-0.2, 0) is 19.1 Å². The SMILES string of the molecule is CC.CC.CC(=O)OCC(=O)C1CCC2C3CCC4=CC(=O)CCC4(C)C3C(O)CC12C. The van der Waals surface area contributed by atoms with Crippen molar-refractivity contribution in [2.45, 2.75) is 99.5 Å². The lowest BCUT2D eigenvalue weighted by atomic mass is 9.46. The highest BCUT2D eigenvalue weighted by Gasteiger charge is 2.62. The van der Waals surface area contributed by atoms with Crippen LogP contribution in [-0.4, -0.2) is 35.4 Å². The molecule has 7 unspecified atom stereocenters. The second-order valence-corrected chi connectivity index (χ2v) is 10.0. The Kier molecular flexibility index (Phi) is 8.89. The van der Waals surface area contributed by atoms with E-state index >= 15 is 0 Å². The van der Waals surface area contributed by atoms with Crippen molar-refractivity contribution in [1.82, 2.24) is 0 Å². The molecule has 32 heavy (non-hydrogen) atoms. The van der Waals surface area contributed by atoms with E-state index in [0.717, 1.165) is 32.1 Å². The van der Waals surface area contributed by atoms with Crippen molar-refractivity contribution in [2.75, 3.05) is 6.61 Å². The lowest BCUT2D eigenvalue weighted by Crippen LogP contribution is -2.57. The molecule has 0 aromatic rings. The molecule has 182 valence electrons. The fourth-order valence-electron chi connectivity index (χ4n) is 7.49. The Balaban J connectivity index is 0.000000860. The van der Waals surface area contributed by atoms with E-state index in [1.165, 1.54) is 12.5 Å². The molecule has 1 N–H and O–H groups in total. The number of ether oxygens (including phenoxy) is 1. The summed E-state index contributed by atoms with van der Waals surface area (Å²) in [5.41, 5.74) is 0.894.